The Morgan fingerprint density at radius 1 is 1.40 bits per heavy atom. The lowest BCUT2D eigenvalue weighted by Crippen LogP contribution is -1.69. The minimum Gasteiger partial charge on any atom is -0.0645 e. The van der Waals surface area contributed by atoms with Crippen LogP contribution in [0, 0.1) is 6.92 Å². The third-order valence-electron chi connectivity index (χ3n) is 2.41. The summed E-state index contributed by atoms with van der Waals surface area (Å²) in [4.78, 5) is 0. The number of rotatable bonds is 1. The molecule has 1 aliphatic carbocycles. The van der Waals surface area contributed by atoms with Gasteiger partial charge in [-0.2, -0.15) is 0 Å². The van der Waals surface area contributed by atoms with E-state index in [2.05, 4.69) is 32.0 Å². The molecule has 0 N–H and O–H groups in total. The molecule has 0 radical (unpaired) electrons. The average molecular weight is 132 g/mol. The monoisotopic (exact) mass is 132 g/mol. The highest BCUT2D eigenvalue weighted by Crippen LogP contribution is 2.47. The molecule has 10 heavy (non-hydrogen) atoms. The molecule has 1 aromatic carbocycles. The molecule has 0 heteroatoms. The molecule has 0 bridgehead atoms. The van der Waals surface area contributed by atoms with Gasteiger partial charge >= 0.3 is 0 Å². The maximum Gasteiger partial charge on any atom is 0.00953 e. The van der Waals surface area contributed by atoms with Gasteiger partial charge in [-0.15, -0.1) is 0 Å². The molecule has 0 saturated heterocycles. The Balaban J connectivity index is 2.43. The summed E-state index contributed by atoms with van der Waals surface area (Å²) in [6.45, 7) is 4.46. The van der Waals surface area contributed by atoms with Crippen LogP contribution in [-0.2, 0) is 0 Å². The molecule has 52 valence electrons. The number of benzene rings is 1. The van der Waals surface area contributed by atoms with Gasteiger partial charge in [-0.1, -0.05) is 25.1 Å². The van der Waals surface area contributed by atoms with E-state index in [0.717, 1.165) is 5.92 Å². The van der Waals surface area contributed by atoms with Crippen LogP contribution in [0.3, 0.4) is 0 Å². The molecule has 1 aromatic rings. The summed E-state index contributed by atoms with van der Waals surface area (Å²) in [5, 5.41) is 0. The fourth-order valence-corrected chi connectivity index (χ4v) is 1.81. The fraction of sp³-hybridized carbons (Fsp3) is 0.400. The van der Waals surface area contributed by atoms with Gasteiger partial charge in [-0.05, 0) is 30.0 Å². The number of aryl methyl sites for hydroxylation is 1. The lowest BCUT2D eigenvalue weighted by atomic mass is 10.2. The van der Waals surface area contributed by atoms with Gasteiger partial charge in [0.1, 0.15) is 0 Å². The Labute approximate surface area is 61.9 Å². The van der Waals surface area contributed by atoms with Gasteiger partial charge in [0.25, 0.3) is 0 Å². The van der Waals surface area contributed by atoms with Crippen LogP contribution < -0.4 is 0 Å². The minimum absolute atomic E-state index is 0.815. The molecule has 1 aliphatic rings. The third-order valence-corrected chi connectivity index (χ3v) is 2.41. The van der Waals surface area contributed by atoms with Gasteiger partial charge in [0.15, 0.2) is 0 Å². The second kappa shape index (κ2) is 1.85. The van der Waals surface area contributed by atoms with Crippen molar-refractivity contribution >= 4 is 0 Å². The van der Waals surface area contributed by atoms with E-state index in [4.69, 9.17) is 0 Å². The average Bonchev–Trinajstić information content (AvgIpc) is 2.63. The maximum atomic E-state index is 2.25. The zero-order valence-corrected chi connectivity index (χ0v) is 6.52. The van der Waals surface area contributed by atoms with Crippen molar-refractivity contribution in [1.82, 2.24) is 0 Å². The van der Waals surface area contributed by atoms with Crippen molar-refractivity contribution in [3.63, 3.8) is 0 Å². The predicted molar refractivity (Wildman–Crippen MR) is 43.3 cm³/mol. The molecule has 1 unspecified atom stereocenters. The Kier molecular flexibility index (Phi) is 1.10. The van der Waals surface area contributed by atoms with Crippen LogP contribution in [0.25, 0.3) is 0 Å². The van der Waals surface area contributed by atoms with Crippen LogP contribution in [-0.4, -0.2) is 0 Å². The van der Waals surface area contributed by atoms with Crippen molar-refractivity contribution in [2.24, 2.45) is 0 Å². The summed E-state index contributed by atoms with van der Waals surface area (Å²) in [6.07, 6.45) is 1.28. The van der Waals surface area contributed by atoms with Crippen molar-refractivity contribution in [2.75, 3.05) is 0 Å². The first-order chi connectivity index (χ1) is 4.84. The van der Waals surface area contributed by atoms with Crippen molar-refractivity contribution in [2.45, 2.75) is 26.2 Å². The highest BCUT2D eigenvalue weighted by Gasteiger charge is 2.31. The summed E-state index contributed by atoms with van der Waals surface area (Å²) >= 11 is 0. The molecule has 0 saturated carbocycles. The van der Waals surface area contributed by atoms with E-state index in [0.29, 0.717) is 0 Å². The fourth-order valence-electron chi connectivity index (χ4n) is 1.81. The molecule has 0 aromatic heterocycles. The van der Waals surface area contributed by atoms with Gasteiger partial charge in [-0.25, -0.2) is 0 Å². The Morgan fingerprint density at radius 3 is 2.80 bits per heavy atom. The standard InChI is InChI=1S/C10H12/c1-3-8-9-6-4-5-7(2)10(8)9/h4-6,8H,3H2,1-2H3. The molecule has 0 amide bonds. The largest absolute Gasteiger partial charge is 0.0645 e. The van der Waals surface area contributed by atoms with E-state index in [1.165, 1.54) is 12.0 Å². The van der Waals surface area contributed by atoms with Crippen molar-refractivity contribution < 1.29 is 0 Å². The summed E-state index contributed by atoms with van der Waals surface area (Å²) in [5.74, 6) is 0.815. The van der Waals surface area contributed by atoms with Gasteiger partial charge < -0.3 is 0 Å². The quantitative estimate of drug-likeness (QED) is 0.551. The lowest BCUT2D eigenvalue weighted by molar-refractivity contribution is 0.905. The Hall–Kier alpha value is -0.780. The smallest absolute Gasteiger partial charge is 0.00953 e. The molecule has 0 spiro atoms. The minimum atomic E-state index is 0.815. The van der Waals surface area contributed by atoms with E-state index in [1.54, 1.807) is 11.1 Å². The van der Waals surface area contributed by atoms with Crippen LogP contribution in [0.4, 0.5) is 0 Å². The number of fused-ring (bicyclic) bond motifs is 1. The second-order valence-corrected chi connectivity index (χ2v) is 3.04. The van der Waals surface area contributed by atoms with Gasteiger partial charge in [0.05, 0.1) is 0 Å². The lowest BCUT2D eigenvalue weighted by Gasteiger charge is -1.85. The van der Waals surface area contributed by atoms with Gasteiger partial charge in [0.2, 0.25) is 0 Å². The van der Waals surface area contributed by atoms with E-state index in [-0.39, 0.29) is 0 Å². The van der Waals surface area contributed by atoms with Crippen LogP contribution in [0.15, 0.2) is 18.2 Å². The highest BCUT2D eigenvalue weighted by atomic mass is 14.3. The van der Waals surface area contributed by atoms with Crippen LogP contribution >= 0.6 is 0 Å². The summed E-state index contributed by atoms with van der Waals surface area (Å²) in [7, 11) is 0. The van der Waals surface area contributed by atoms with Crippen molar-refractivity contribution in [3.05, 3.63) is 34.9 Å². The van der Waals surface area contributed by atoms with E-state index < -0.39 is 0 Å². The summed E-state index contributed by atoms with van der Waals surface area (Å²) < 4.78 is 0. The maximum absolute atomic E-state index is 2.25. The van der Waals surface area contributed by atoms with Gasteiger partial charge in [-0.3, -0.25) is 0 Å². The molecular formula is C10H12. The third kappa shape index (κ3) is 0.620. The number of hydrogen-bond acceptors (Lipinski definition) is 0. The second-order valence-electron chi connectivity index (χ2n) is 3.04. The SMILES string of the molecule is CCC1c2cccc(C)c21. The van der Waals surface area contributed by atoms with Crippen LogP contribution in [0.1, 0.15) is 36.0 Å². The highest BCUT2D eigenvalue weighted by molar-refractivity contribution is 5.56. The molecule has 0 heterocycles. The first-order valence-corrected chi connectivity index (χ1v) is 3.94. The molecular weight excluding hydrogens is 120 g/mol. The number of hydrogen-bond donors (Lipinski definition) is 0. The molecule has 0 fully saturated rings. The zero-order chi connectivity index (χ0) is 7.14. The van der Waals surface area contributed by atoms with Crippen molar-refractivity contribution in [3.8, 4) is 0 Å². The molecule has 0 nitrogen and oxygen atoms in total. The van der Waals surface area contributed by atoms with E-state index >= 15 is 0 Å². The van der Waals surface area contributed by atoms with Crippen molar-refractivity contribution in [1.29, 1.82) is 0 Å². The van der Waals surface area contributed by atoms with E-state index in [9.17, 15) is 0 Å². The predicted octanol–water partition coefficient (Wildman–Crippen LogP) is 2.85. The van der Waals surface area contributed by atoms with Gasteiger partial charge in [0, 0.05) is 5.92 Å². The first kappa shape index (κ1) is 5.96. The summed E-state index contributed by atoms with van der Waals surface area (Å²) in [5.41, 5.74) is 4.68. The molecule has 0 aliphatic heterocycles. The van der Waals surface area contributed by atoms with Crippen LogP contribution in [0.5, 0.6) is 0 Å². The topological polar surface area (TPSA) is 0 Å². The first-order valence-electron chi connectivity index (χ1n) is 3.94. The molecule has 1 atom stereocenters. The Bertz CT molecular complexity index is 261. The summed E-state index contributed by atoms with van der Waals surface area (Å²) in [6, 6.07) is 6.61. The molecule has 2 rings (SSSR count). The Morgan fingerprint density at radius 2 is 2.20 bits per heavy atom. The zero-order valence-electron chi connectivity index (χ0n) is 6.52. The van der Waals surface area contributed by atoms with Crippen LogP contribution in [0.2, 0.25) is 0 Å². The normalized spacial score (nSPS) is 20.4. The van der Waals surface area contributed by atoms with E-state index in [1.807, 2.05) is 0 Å².